The van der Waals surface area contributed by atoms with Gasteiger partial charge in [0, 0.05) is 6.10 Å². The third kappa shape index (κ3) is 4.79. The molecule has 2 bridgehead atoms. The zero-order valence-corrected chi connectivity index (χ0v) is 19.8. The first kappa shape index (κ1) is 22.0. The Balaban J connectivity index is 1.77. The molecule has 2 saturated heterocycles. The lowest BCUT2D eigenvalue weighted by molar-refractivity contribution is 0.191. The van der Waals surface area contributed by atoms with Crippen molar-refractivity contribution < 1.29 is 9.39 Å². The van der Waals surface area contributed by atoms with Gasteiger partial charge in [-0.25, -0.2) is 0 Å². The molecule has 33 heavy (non-hydrogen) atoms. The molecule has 0 saturated carbocycles. The normalized spacial score (nSPS) is 21.2. The summed E-state index contributed by atoms with van der Waals surface area (Å²) in [7, 11) is 1.73. The van der Waals surface area contributed by atoms with Gasteiger partial charge >= 0.3 is 6.92 Å². The molecule has 2 nitrogen and oxygen atoms in total. The molecular weight excluding hydrogens is 403 g/mol. The maximum atomic E-state index is 6.97. The van der Waals surface area contributed by atoms with Gasteiger partial charge in [-0.1, -0.05) is 98.0 Å². The molecule has 0 radical (unpaired) electrons. The number of methoxy groups -OCH3 is 1. The standard InChI is InChI=1S/C30H33BO2/c1-22-14-16-24(17-15-22)29(23-8-4-3-5-9-23)30(25-18-20-27(32-2)21-19-25)31-26-10-6-12-28(33-31)13-7-11-26/h3-5,8-9,14-21,26,28H,6-7,10-13H2,1-2H3/b30-29-. The Hall–Kier alpha value is -2.78. The molecule has 3 aromatic rings. The van der Waals surface area contributed by atoms with Crippen molar-refractivity contribution in [1.82, 2.24) is 0 Å². The van der Waals surface area contributed by atoms with Gasteiger partial charge in [0.15, 0.2) is 0 Å². The second-order valence-electron chi connectivity index (χ2n) is 9.55. The lowest BCUT2D eigenvalue weighted by Gasteiger charge is -2.27. The molecule has 3 heteroatoms. The van der Waals surface area contributed by atoms with E-state index >= 15 is 0 Å². The molecule has 2 fully saturated rings. The van der Waals surface area contributed by atoms with E-state index in [9.17, 15) is 0 Å². The molecule has 0 atom stereocenters. The van der Waals surface area contributed by atoms with Gasteiger partial charge in [0.05, 0.1) is 7.11 Å². The number of fused-ring (bicyclic) bond motifs is 3. The highest BCUT2D eigenvalue weighted by molar-refractivity contribution is 6.77. The van der Waals surface area contributed by atoms with Crippen molar-refractivity contribution in [2.45, 2.75) is 57.4 Å². The van der Waals surface area contributed by atoms with Gasteiger partial charge in [0.1, 0.15) is 5.75 Å². The third-order valence-electron chi connectivity index (χ3n) is 7.33. The van der Waals surface area contributed by atoms with Gasteiger partial charge < -0.3 is 9.39 Å². The quantitative estimate of drug-likeness (QED) is 0.303. The van der Waals surface area contributed by atoms with Crippen LogP contribution < -0.4 is 4.74 Å². The number of rotatable bonds is 5. The van der Waals surface area contributed by atoms with Crippen molar-refractivity contribution in [3.8, 4) is 5.75 Å². The van der Waals surface area contributed by atoms with Crippen molar-refractivity contribution in [3.63, 3.8) is 0 Å². The maximum Gasteiger partial charge on any atom is 0.331 e. The average Bonchev–Trinajstić information content (AvgIpc) is 3.17. The Morgan fingerprint density at radius 2 is 1.36 bits per heavy atom. The predicted molar refractivity (Wildman–Crippen MR) is 139 cm³/mol. The van der Waals surface area contributed by atoms with Crippen LogP contribution >= 0.6 is 0 Å². The monoisotopic (exact) mass is 436 g/mol. The van der Waals surface area contributed by atoms with E-state index in [-0.39, 0.29) is 6.92 Å². The first-order valence-electron chi connectivity index (χ1n) is 12.4. The minimum absolute atomic E-state index is 0.102. The third-order valence-corrected chi connectivity index (χ3v) is 7.33. The fourth-order valence-corrected chi connectivity index (χ4v) is 5.59. The minimum Gasteiger partial charge on any atom is -0.497 e. The van der Waals surface area contributed by atoms with Crippen LogP contribution in [0.25, 0.3) is 11.0 Å². The predicted octanol–water partition coefficient (Wildman–Crippen LogP) is 7.62. The Morgan fingerprint density at radius 3 is 2.00 bits per heavy atom. The minimum atomic E-state index is 0.102. The van der Waals surface area contributed by atoms with Crippen molar-refractivity contribution in [2.75, 3.05) is 7.11 Å². The molecule has 168 valence electrons. The van der Waals surface area contributed by atoms with E-state index in [0.717, 1.165) is 5.75 Å². The number of ether oxygens (including phenoxy) is 1. The van der Waals surface area contributed by atoms with Crippen LogP contribution in [0, 0.1) is 6.92 Å². The highest BCUT2D eigenvalue weighted by atomic mass is 16.5. The van der Waals surface area contributed by atoms with Crippen molar-refractivity contribution in [3.05, 3.63) is 101 Å². The van der Waals surface area contributed by atoms with Gasteiger partial charge in [-0.05, 0) is 65.5 Å². The second kappa shape index (κ2) is 10.0. The summed E-state index contributed by atoms with van der Waals surface area (Å²) in [5.41, 5.74) is 7.62. The molecular formula is C30H33BO2. The zero-order chi connectivity index (χ0) is 22.6. The largest absolute Gasteiger partial charge is 0.497 e. The van der Waals surface area contributed by atoms with Gasteiger partial charge in [-0.15, -0.1) is 0 Å². The van der Waals surface area contributed by atoms with Crippen LogP contribution in [0.1, 0.15) is 60.8 Å². The number of hydrogen-bond acceptors (Lipinski definition) is 2. The summed E-state index contributed by atoms with van der Waals surface area (Å²) < 4.78 is 12.4. The fraction of sp³-hybridized carbons (Fsp3) is 0.333. The lowest BCUT2D eigenvalue weighted by atomic mass is 9.45. The second-order valence-corrected chi connectivity index (χ2v) is 9.55. The van der Waals surface area contributed by atoms with Gasteiger partial charge in [0.25, 0.3) is 0 Å². The summed E-state index contributed by atoms with van der Waals surface area (Å²) in [5, 5.41) is 0. The van der Waals surface area contributed by atoms with Crippen LogP contribution in [0.4, 0.5) is 0 Å². The molecule has 0 aliphatic carbocycles. The average molecular weight is 436 g/mol. The number of hydrogen-bond donors (Lipinski definition) is 0. The molecule has 2 aliphatic heterocycles. The van der Waals surface area contributed by atoms with E-state index in [0.29, 0.717) is 11.9 Å². The summed E-state index contributed by atoms with van der Waals surface area (Å²) in [6, 6.07) is 28.4. The highest BCUT2D eigenvalue weighted by Crippen LogP contribution is 2.45. The van der Waals surface area contributed by atoms with Crippen LogP contribution in [-0.4, -0.2) is 20.1 Å². The van der Waals surface area contributed by atoms with Crippen LogP contribution in [0.2, 0.25) is 5.82 Å². The molecule has 3 aromatic carbocycles. The lowest BCUT2D eigenvalue weighted by Crippen LogP contribution is -2.29. The smallest absolute Gasteiger partial charge is 0.331 e. The summed E-state index contributed by atoms with van der Waals surface area (Å²) in [6.45, 7) is 2.25. The van der Waals surface area contributed by atoms with Crippen LogP contribution in [0.3, 0.4) is 0 Å². The molecule has 0 spiro atoms. The highest BCUT2D eigenvalue weighted by Gasteiger charge is 2.40. The van der Waals surface area contributed by atoms with E-state index in [1.165, 1.54) is 71.8 Å². The molecule has 0 N–H and O–H groups in total. The fourth-order valence-electron chi connectivity index (χ4n) is 5.59. The van der Waals surface area contributed by atoms with Gasteiger partial charge in [-0.3, -0.25) is 0 Å². The Morgan fingerprint density at radius 1 is 0.758 bits per heavy atom. The van der Waals surface area contributed by atoms with Crippen molar-refractivity contribution in [2.24, 2.45) is 0 Å². The maximum absolute atomic E-state index is 6.97. The first-order chi connectivity index (χ1) is 16.2. The molecule has 0 unspecified atom stereocenters. The van der Waals surface area contributed by atoms with Crippen LogP contribution in [0.5, 0.6) is 5.75 Å². The summed E-state index contributed by atoms with van der Waals surface area (Å²) in [6.07, 6.45) is 7.78. The molecule has 2 heterocycles. The van der Waals surface area contributed by atoms with Crippen LogP contribution in [0.15, 0.2) is 78.9 Å². The molecule has 2 aliphatic rings. The van der Waals surface area contributed by atoms with Crippen LogP contribution in [-0.2, 0) is 4.65 Å². The molecule has 0 amide bonds. The summed E-state index contributed by atoms with van der Waals surface area (Å²) in [5.74, 6) is 1.44. The number of benzene rings is 3. The van der Waals surface area contributed by atoms with E-state index in [1.807, 2.05) is 0 Å². The molecule has 5 rings (SSSR count). The van der Waals surface area contributed by atoms with E-state index in [4.69, 9.17) is 9.39 Å². The first-order valence-corrected chi connectivity index (χ1v) is 12.4. The topological polar surface area (TPSA) is 18.5 Å². The zero-order valence-electron chi connectivity index (χ0n) is 19.8. The number of aryl methyl sites for hydroxylation is 1. The molecule has 0 aromatic heterocycles. The van der Waals surface area contributed by atoms with Crippen molar-refractivity contribution >= 4 is 18.0 Å². The van der Waals surface area contributed by atoms with E-state index in [1.54, 1.807) is 7.11 Å². The van der Waals surface area contributed by atoms with E-state index in [2.05, 4.69) is 85.8 Å². The Bertz CT molecular complexity index is 1080. The summed E-state index contributed by atoms with van der Waals surface area (Å²) in [4.78, 5) is 0. The summed E-state index contributed by atoms with van der Waals surface area (Å²) >= 11 is 0. The Kier molecular flexibility index (Phi) is 6.69. The van der Waals surface area contributed by atoms with Crippen molar-refractivity contribution in [1.29, 1.82) is 0 Å². The van der Waals surface area contributed by atoms with Gasteiger partial charge in [-0.2, -0.15) is 0 Å². The SMILES string of the molecule is COc1ccc(/C(B2OC3CCCC2CCC3)=C(\c2ccccc2)c2ccc(C)cc2)cc1. The Labute approximate surface area is 198 Å². The van der Waals surface area contributed by atoms with E-state index < -0.39 is 0 Å². The van der Waals surface area contributed by atoms with Gasteiger partial charge in [0.2, 0.25) is 0 Å².